The van der Waals surface area contributed by atoms with Gasteiger partial charge in [-0.25, -0.2) is 14.4 Å². The van der Waals surface area contributed by atoms with E-state index in [1.807, 2.05) is 26.8 Å². The maximum absolute atomic E-state index is 14.0. The Morgan fingerprint density at radius 2 is 2.09 bits per heavy atom. The van der Waals surface area contributed by atoms with Crippen molar-refractivity contribution in [2.75, 3.05) is 7.11 Å². The highest BCUT2D eigenvalue weighted by Gasteiger charge is 2.33. The Balaban J connectivity index is 1.60. The number of aromatic amines is 1. The minimum Gasteiger partial charge on any atom is -0.496 e. The van der Waals surface area contributed by atoms with E-state index in [4.69, 9.17) is 4.74 Å². The molecule has 0 aliphatic heterocycles. The highest BCUT2D eigenvalue weighted by molar-refractivity contribution is 5.94. The van der Waals surface area contributed by atoms with Crippen LogP contribution in [0.25, 0.3) is 27.9 Å². The standard InChI is InChI=1S/C25H29FN4O3/c1-25(2,3)22(24(31)32)29-16-8-5-14(6-9-16)19-12-18-21(27-13-28-23(18)30-19)17-11-15(26)7-10-20(17)33-4/h5,7,10-13,16,22,29H,6,8-9H2,1-4H3,(H,31,32)(H,27,28,30)/t16?,22-/m1/s1. The van der Waals surface area contributed by atoms with Crippen LogP contribution in [-0.4, -0.2) is 45.2 Å². The number of methoxy groups -OCH3 is 1. The molecular weight excluding hydrogens is 423 g/mol. The van der Waals surface area contributed by atoms with Crippen LogP contribution in [-0.2, 0) is 4.79 Å². The van der Waals surface area contributed by atoms with Gasteiger partial charge in [-0.2, -0.15) is 0 Å². The molecule has 1 aliphatic carbocycles. The number of carboxylic acids is 1. The van der Waals surface area contributed by atoms with E-state index in [1.165, 1.54) is 18.5 Å². The van der Waals surface area contributed by atoms with Gasteiger partial charge in [0.05, 0.1) is 12.8 Å². The van der Waals surface area contributed by atoms with Crippen molar-refractivity contribution < 1.29 is 19.0 Å². The van der Waals surface area contributed by atoms with Crippen molar-refractivity contribution in [2.45, 2.75) is 52.1 Å². The molecule has 4 rings (SSSR count). The van der Waals surface area contributed by atoms with E-state index in [2.05, 4.69) is 26.3 Å². The van der Waals surface area contributed by atoms with Gasteiger partial charge in [0.25, 0.3) is 0 Å². The lowest BCUT2D eigenvalue weighted by atomic mass is 9.84. The molecule has 8 heteroatoms. The Bertz CT molecular complexity index is 1210. The molecule has 0 fully saturated rings. The normalized spacial score (nSPS) is 17.6. The van der Waals surface area contributed by atoms with Crippen LogP contribution in [0.15, 0.2) is 36.7 Å². The van der Waals surface area contributed by atoms with Gasteiger partial charge >= 0.3 is 5.97 Å². The predicted molar refractivity (Wildman–Crippen MR) is 125 cm³/mol. The lowest BCUT2D eigenvalue weighted by Gasteiger charge is -2.33. The molecular formula is C25H29FN4O3. The van der Waals surface area contributed by atoms with Crippen molar-refractivity contribution in [1.82, 2.24) is 20.3 Å². The van der Waals surface area contributed by atoms with Crippen molar-refractivity contribution in [1.29, 1.82) is 0 Å². The topological polar surface area (TPSA) is 100 Å². The highest BCUT2D eigenvalue weighted by Crippen LogP contribution is 2.36. The molecule has 0 spiro atoms. The molecule has 0 saturated carbocycles. The van der Waals surface area contributed by atoms with Gasteiger partial charge in [-0.05, 0) is 54.5 Å². The number of aromatic nitrogens is 3. The Morgan fingerprint density at radius 3 is 2.73 bits per heavy atom. The first-order chi connectivity index (χ1) is 15.7. The second kappa shape index (κ2) is 8.94. The third-order valence-electron chi connectivity index (χ3n) is 6.11. The van der Waals surface area contributed by atoms with Crippen LogP contribution < -0.4 is 10.1 Å². The number of ether oxygens (including phenoxy) is 1. The van der Waals surface area contributed by atoms with Gasteiger partial charge in [0.15, 0.2) is 0 Å². The summed E-state index contributed by atoms with van der Waals surface area (Å²) in [6.45, 7) is 5.79. The summed E-state index contributed by atoms with van der Waals surface area (Å²) in [5, 5.41) is 13.7. The number of hydrogen-bond acceptors (Lipinski definition) is 5. The average Bonchev–Trinajstić information content (AvgIpc) is 3.21. The van der Waals surface area contributed by atoms with E-state index >= 15 is 0 Å². The molecule has 2 aromatic heterocycles. The van der Waals surface area contributed by atoms with Crippen molar-refractivity contribution >= 4 is 22.6 Å². The molecule has 1 aromatic carbocycles. The molecule has 3 aromatic rings. The van der Waals surface area contributed by atoms with E-state index in [9.17, 15) is 14.3 Å². The van der Waals surface area contributed by atoms with Crippen LogP contribution in [0.1, 0.15) is 45.7 Å². The number of carbonyl (C=O) groups is 1. The first-order valence-corrected chi connectivity index (χ1v) is 11.0. The summed E-state index contributed by atoms with van der Waals surface area (Å²) in [5.74, 6) is -0.652. The zero-order valence-electron chi connectivity index (χ0n) is 19.3. The van der Waals surface area contributed by atoms with E-state index in [-0.39, 0.29) is 17.3 Å². The molecule has 0 radical (unpaired) electrons. The van der Waals surface area contributed by atoms with Gasteiger partial charge in [-0.15, -0.1) is 0 Å². The lowest BCUT2D eigenvalue weighted by molar-refractivity contribution is -0.142. The SMILES string of the molecule is COc1ccc(F)cc1-c1ncnc2[nH]c(C3=CCC(N[C@H](C(=O)O)C(C)(C)C)CC3)cc12. The first-order valence-electron chi connectivity index (χ1n) is 11.0. The number of fused-ring (bicyclic) bond motifs is 1. The van der Waals surface area contributed by atoms with Crippen LogP contribution in [0.4, 0.5) is 4.39 Å². The van der Waals surface area contributed by atoms with Crippen molar-refractivity contribution in [3.63, 3.8) is 0 Å². The summed E-state index contributed by atoms with van der Waals surface area (Å²) in [7, 11) is 1.55. The van der Waals surface area contributed by atoms with Crippen molar-refractivity contribution in [3.8, 4) is 17.0 Å². The fraction of sp³-hybridized carbons (Fsp3) is 0.400. The Morgan fingerprint density at radius 1 is 1.30 bits per heavy atom. The Hall–Kier alpha value is -3.26. The average molecular weight is 453 g/mol. The largest absolute Gasteiger partial charge is 0.496 e. The molecule has 2 heterocycles. The van der Waals surface area contributed by atoms with E-state index < -0.39 is 12.0 Å². The smallest absolute Gasteiger partial charge is 0.321 e. The molecule has 33 heavy (non-hydrogen) atoms. The summed E-state index contributed by atoms with van der Waals surface area (Å²) in [6.07, 6.45) is 5.96. The number of halogens is 1. The van der Waals surface area contributed by atoms with Gasteiger partial charge < -0.3 is 20.1 Å². The van der Waals surface area contributed by atoms with Crippen molar-refractivity contribution in [3.05, 3.63) is 48.2 Å². The number of carboxylic acid groups (broad SMARTS) is 1. The quantitative estimate of drug-likeness (QED) is 0.497. The number of allylic oxidation sites excluding steroid dienone is 1. The molecule has 1 aliphatic rings. The predicted octanol–water partition coefficient (Wildman–Crippen LogP) is 4.80. The van der Waals surface area contributed by atoms with Gasteiger partial charge in [-0.3, -0.25) is 4.79 Å². The monoisotopic (exact) mass is 452 g/mol. The molecule has 174 valence electrons. The van der Waals surface area contributed by atoms with Crippen LogP contribution in [0.5, 0.6) is 5.75 Å². The number of H-pyrrole nitrogens is 1. The first kappa shape index (κ1) is 22.9. The third kappa shape index (κ3) is 4.75. The number of nitrogens with one attached hydrogen (secondary N) is 2. The van der Waals surface area contributed by atoms with Gasteiger partial charge in [0.2, 0.25) is 0 Å². The van der Waals surface area contributed by atoms with E-state index in [0.29, 0.717) is 22.7 Å². The number of rotatable bonds is 6. The summed E-state index contributed by atoms with van der Waals surface area (Å²) >= 11 is 0. The molecule has 0 bridgehead atoms. The minimum absolute atomic E-state index is 0.102. The van der Waals surface area contributed by atoms with Crippen molar-refractivity contribution in [2.24, 2.45) is 5.41 Å². The molecule has 3 N–H and O–H groups in total. The van der Waals surface area contributed by atoms with Gasteiger partial charge in [-0.1, -0.05) is 26.8 Å². The molecule has 1 unspecified atom stereocenters. The Labute approximate surface area is 192 Å². The Kier molecular flexibility index (Phi) is 6.21. The second-order valence-electron chi connectivity index (χ2n) is 9.52. The van der Waals surface area contributed by atoms with Crippen LogP contribution in [0.2, 0.25) is 0 Å². The van der Waals surface area contributed by atoms with E-state index in [1.54, 1.807) is 13.2 Å². The molecule has 0 amide bonds. The molecule has 0 saturated heterocycles. The number of aliphatic carboxylic acids is 1. The lowest BCUT2D eigenvalue weighted by Crippen LogP contribution is -2.51. The van der Waals surface area contributed by atoms with Gasteiger partial charge in [0.1, 0.15) is 29.6 Å². The third-order valence-corrected chi connectivity index (χ3v) is 6.11. The van der Waals surface area contributed by atoms with E-state index in [0.717, 1.165) is 35.9 Å². The number of benzene rings is 1. The second-order valence-corrected chi connectivity index (χ2v) is 9.52. The minimum atomic E-state index is -0.827. The zero-order chi connectivity index (χ0) is 23.8. The number of nitrogens with zero attached hydrogens (tertiary/aromatic N) is 2. The zero-order valence-corrected chi connectivity index (χ0v) is 19.3. The summed E-state index contributed by atoms with van der Waals surface area (Å²) in [4.78, 5) is 23.8. The van der Waals surface area contributed by atoms with Crippen LogP contribution >= 0.6 is 0 Å². The summed E-state index contributed by atoms with van der Waals surface area (Å²) in [5.41, 5.74) is 3.54. The maximum Gasteiger partial charge on any atom is 0.321 e. The fourth-order valence-corrected chi connectivity index (χ4v) is 4.35. The summed E-state index contributed by atoms with van der Waals surface area (Å²) in [6, 6.07) is 5.84. The van der Waals surface area contributed by atoms with Crippen LogP contribution in [0.3, 0.4) is 0 Å². The fourth-order valence-electron chi connectivity index (χ4n) is 4.35. The highest BCUT2D eigenvalue weighted by atomic mass is 19.1. The summed E-state index contributed by atoms with van der Waals surface area (Å²) < 4.78 is 19.4. The van der Waals surface area contributed by atoms with Crippen LogP contribution in [0, 0.1) is 11.2 Å². The number of hydrogen-bond donors (Lipinski definition) is 3. The molecule has 2 atom stereocenters. The maximum atomic E-state index is 14.0. The molecule has 7 nitrogen and oxygen atoms in total. The van der Waals surface area contributed by atoms with Gasteiger partial charge in [0, 0.05) is 22.7 Å².